The molecule has 0 amide bonds. The molecule has 2 nitrogen and oxygen atoms in total. The van der Waals surface area contributed by atoms with E-state index in [9.17, 15) is 8.78 Å². The topological polar surface area (TPSA) is 29.3 Å². The molecular weight excluding hydrogens is 234 g/mol. The van der Waals surface area contributed by atoms with Crippen molar-refractivity contribution in [1.82, 2.24) is 0 Å². The highest BCUT2D eigenvalue weighted by Gasteiger charge is 2.33. The largest absolute Gasteiger partial charge is 0.397 e. The third kappa shape index (κ3) is 2.28. The van der Waals surface area contributed by atoms with Gasteiger partial charge in [0.05, 0.1) is 11.4 Å². The molecule has 1 aromatic rings. The Kier molecular flexibility index (Phi) is 3.21. The molecule has 0 spiro atoms. The molecule has 0 radical (unpaired) electrons. The molecule has 2 N–H and O–H groups in total. The maximum atomic E-state index is 13.8. The van der Waals surface area contributed by atoms with Crippen molar-refractivity contribution in [1.29, 1.82) is 0 Å². The number of nitrogens with zero attached hydrogens (tertiary/aromatic N) is 1. The van der Waals surface area contributed by atoms with E-state index in [1.165, 1.54) is 6.07 Å². The summed E-state index contributed by atoms with van der Waals surface area (Å²) >= 11 is 0. The van der Waals surface area contributed by atoms with E-state index in [1.54, 1.807) is 0 Å². The van der Waals surface area contributed by atoms with Crippen molar-refractivity contribution in [2.45, 2.75) is 27.2 Å². The molecule has 0 saturated carbocycles. The monoisotopic (exact) mass is 254 g/mol. The fraction of sp³-hybridized carbons (Fsp3) is 0.571. The fourth-order valence-electron chi connectivity index (χ4n) is 2.55. The van der Waals surface area contributed by atoms with Crippen LogP contribution in [-0.4, -0.2) is 13.1 Å². The number of hydrogen-bond acceptors (Lipinski definition) is 2. The van der Waals surface area contributed by atoms with Gasteiger partial charge in [-0.25, -0.2) is 8.78 Å². The van der Waals surface area contributed by atoms with Crippen LogP contribution in [0.15, 0.2) is 12.1 Å². The van der Waals surface area contributed by atoms with Crippen molar-refractivity contribution < 1.29 is 8.78 Å². The Morgan fingerprint density at radius 1 is 1.28 bits per heavy atom. The number of hydrogen-bond donors (Lipinski definition) is 1. The Bertz CT molecular complexity index is 452. The van der Waals surface area contributed by atoms with Crippen LogP contribution in [0.25, 0.3) is 0 Å². The van der Waals surface area contributed by atoms with Crippen LogP contribution in [0.4, 0.5) is 20.2 Å². The van der Waals surface area contributed by atoms with Crippen molar-refractivity contribution in [3.05, 3.63) is 23.8 Å². The lowest BCUT2D eigenvalue weighted by Crippen LogP contribution is -2.27. The summed E-state index contributed by atoms with van der Waals surface area (Å²) < 4.78 is 27.1. The van der Waals surface area contributed by atoms with Gasteiger partial charge in [0, 0.05) is 13.1 Å². The molecule has 18 heavy (non-hydrogen) atoms. The molecular formula is C14H20F2N2. The first-order chi connectivity index (χ1) is 8.30. The summed E-state index contributed by atoms with van der Waals surface area (Å²) in [4.78, 5) is 1.86. The maximum absolute atomic E-state index is 13.8. The lowest BCUT2D eigenvalue weighted by atomic mass is 9.80. The third-order valence-corrected chi connectivity index (χ3v) is 3.83. The van der Waals surface area contributed by atoms with Crippen molar-refractivity contribution in [2.75, 3.05) is 23.7 Å². The second-order valence-corrected chi connectivity index (χ2v) is 6.10. The molecule has 0 aromatic heterocycles. The fourth-order valence-corrected chi connectivity index (χ4v) is 2.55. The van der Waals surface area contributed by atoms with E-state index < -0.39 is 11.6 Å². The summed E-state index contributed by atoms with van der Waals surface area (Å²) in [6.45, 7) is 7.98. The molecule has 1 fully saturated rings. The second-order valence-electron chi connectivity index (χ2n) is 6.10. The van der Waals surface area contributed by atoms with Crippen molar-refractivity contribution in [3.63, 3.8) is 0 Å². The minimum atomic E-state index is -0.835. The van der Waals surface area contributed by atoms with Crippen molar-refractivity contribution in [3.8, 4) is 0 Å². The SMILES string of the molecule is CC(C)(C)C1CCN(c2c(N)ccc(F)c2F)C1. The zero-order chi connectivity index (χ0) is 13.5. The molecule has 4 heteroatoms. The van der Waals surface area contributed by atoms with E-state index in [-0.39, 0.29) is 11.1 Å². The Labute approximate surface area is 107 Å². The van der Waals surface area contributed by atoms with Gasteiger partial charge in [-0.05, 0) is 29.9 Å². The molecule has 1 aromatic carbocycles. The Hall–Kier alpha value is -1.32. The predicted molar refractivity (Wildman–Crippen MR) is 70.5 cm³/mol. The first-order valence-electron chi connectivity index (χ1n) is 6.29. The standard InChI is InChI=1S/C14H20F2N2/c1-14(2,3)9-6-7-18(8-9)13-11(17)5-4-10(15)12(13)16/h4-5,9H,6-8,17H2,1-3H3. The first-order valence-corrected chi connectivity index (χ1v) is 6.29. The van der Waals surface area contributed by atoms with E-state index in [0.717, 1.165) is 25.6 Å². The molecule has 1 aliphatic heterocycles. The molecule has 0 aliphatic carbocycles. The van der Waals surface area contributed by atoms with Gasteiger partial charge in [-0.15, -0.1) is 0 Å². The van der Waals surface area contributed by atoms with Crippen LogP contribution in [0.3, 0.4) is 0 Å². The van der Waals surface area contributed by atoms with Gasteiger partial charge in [-0.2, -0.15) is 0 Å². The van der Waals surface area contributed by atoms with Crippen LogP contribution in [0.1, 0.15) is 27.2 Å². The number of rotatable bonds is 1. The number of anilines is 2. The lowest BCUT2D eigenvalue weighted by Gasteiger charge is -2.28. The van der Waals surface area contributed by atoms with Crippen LogP contribution in [0.2, 0.25) is 0 Å². The van der Waals surface area contributed by atoms with Crippen molar-refractivity contribution >= 4 is 11.4 Å². The van der Waals surface area contributed by atoms with Crippen LogP contribution in [0.5, 0.6) is 0 Å². The average Bonchev–Trinajstić information content (AvgIpc) is 2.73. The summed E-state index contributed by atoms with van der Waals surface area (Å²) in [5, 5.41) is 0. The number of nitrogens with two attached hydrogens (primary N) is 1. The van der Waals surface area contributed by atoms with Gasteiger partial charge in [0.15, 0.2) is 11.6 Å². The molecule has 1 unspecified atom stereocenters. The summed E-state index contributed by atoms with van der Waals surface area (Å²) in [7, 11) is 0. The smallest absolute Gasteiger partial charge is 0.184 e. The Morgan fingerprint density at radius 3 is 2.50 bits per heavy atom. The van der Waals surface area contributed by atoms with Crippen LogP contribution >= 0.6 is 0 Å². The zero-order valence-corrected chi connectivity index (χ0v) is 11.1. The van der Waals surface area contributed by atoms with E-state index in [2.05, 4.69) is 20.8 Å². The van der Waals surface area contributed by atoms with Gasteiger partial charge in [-0.1, -0.05) is 20.8 Å². The number of halogens is 2. The molecule has 2 rings (SSSR count). The molecule has 100 valence electrons. The highest BCUT2D eigenvalue weighted by atomic mass is 19.2. The summed E-state index contributed by atoms with van der Waals surface area (Å²) in [5.74, 6) is -1.19. The van der Waals surface area contributed by atoms with Gasteiger partial charge in [0.2, 0.25) is 0 Å². The average molecular weight is 254 g/mol. The minimum absolute atomic E-state index is 0.174. The van der Waals surface area contributed by atoms with E-state index in [4.69, 9.17) is 5.73 Å². The summed E-state index contributed by atoms with van der Waals surface area (Å²) in [5.41, 5.74) is 6.48. The molecule has 1 saturated heterocycles. The maximum Gasteiger partial charge on any atom is 0.184 e. The Morgan fingerprint density at radius 2 is 1.94 bits per heavy atom. The van der Waals surface area contributed by atoms with E-state index in [0.29, 0.717) is 11.6 Å². The highest BCUT2D eigenvalue weighted by molar-refractivity contribution is 5.68. The van der Waals surface area contributed by atoms with E-state index >= 15 is 0 Å². The predicted octanol–water partition coefficient (Wildman–Crippen LogP) is 3.42. The quantitative estimate of drug-likeness (QED) is 0.778. The second kappa shape index (κ2) is 4.41. The molecule has 1 atom stereocenters. The zero-order valence-electron chi connectivity index (χ0n) is 11.1. The van der Waals surface area contributed by atoms with Gasteiger partial charge in [0.1, 0.15) is 0 Å². The number of nitrogen functional groups attached to an aromatic ring is 1. The van der Waals surface area contributed by atoms with Crippen molar-refractivity contribution in [2.24, 2.45) is 11.3 Å². The minimum Gasteiger partial charge on any atom is -0.397 e. The number of benzene rings is 1. The normalized spacial score (nSPS) is 20.5. The Balaban J connectivity index is 2.27. The lowest BCUT2D eigenvalue weighted by molar-refractivity contribution is 0.263. The van der Waals surface area contributed by atoms with Gasteiger partial charge in [-0.3, -0.25) is 0 Å². The summed E-state index contributed by atoms with van der Waals surface area (Å²) in [6, 6.07) is 2.50. The van der Waals surface area contributed by atoms with Gasteiger partial charge < -0.3 is 10.6 Å². The summed E-state index contributed by atoms with van der Waals surface area (Å²) in [6.07, 6.45) is 0.985. The van der Waals surface area contributed by atoms with Crippen LogP contribution < -0.4 is 10.6 Å². The highest BCUT2D eigenvalue weighted by Crippen LogP contribution is 2.38. The third-order valence-electron chi connectivity index (χ3n) is 3.83. The van der Waals surface area contributed by atoms with E-state index in [1.807, 2.05) is 4.90 Å². The van der Waals surface area contributed by atoms with Gasteiger partial charge in [0.25, 0.3) is 0 Å². The molecule has 0 bridgehead atoms. The first kappa shape index (κ1) is 13.1. The van der Waals surface area contributed by atoms with Crippen LogP contribution in [0, 0.1) is 23.0 Å². The van der Waals surface area contributed by atoms with Crippen LogP contribution in [-0.2, 0) is 0 Å². The molecule has 1 aliphatic rings. The molecule has 1 heterocycles. The van der Waals surface area contributed by atoms with Gasteiger partial charge >= 0.3 is 0 Å².